The summed E-state index contributed by atoms with van der Waals surface area (Å²) in [6, 6.07) is 1.23. The van der Waals surface area contributed by atoms with Crippen LogP contribution in [0.15, 0.2) is 24.5 Å². The molecule has 0 saturated carbocycles. The Hall–Kier alpha value is -3.13. The average Bonchev–Trinajstić information content (AvgIpc) is 2.83. The van der Waals surface area contributed by atoms with Crippen LogP contribution in [-0.2, 0) is 15.7 Å². The molecule has 0 aliphatic carbocycles. The van der Waals surface area contributed by atoms with Crippen LogP contribution >= 0.6 is 0 Å². The minimum absolute atomic E-state index is 0. The number of hydrogen-bond donors (Lipinski definition) is 2. The molecule has 8 nitrogen and oxygen atoms in total. The number of rotatable bonds is 7. The van der Waals surface area contributed by atoms with Crippen molar-refractivity contribution >= 4 is 17.5 Å². The number of nitrogens with two attached hydrogens (primary N) is 1. The first-order valence-electron chi connectivity index (χ1n) is 11.6. The average molecular weight is 565 g/mol. The number of carbonyl (C=O) groups is 1. The first-order valence-corrected chi connectivity index (χ1v) is 11.6. The number of primary amides is 1. The van der Waals surface area contributed by atoms with E-state index in [1.807, 2.05) is 0 Å². The molecule has 39 heavy (non-hydrogen) atoms. The second-order valence-corrected chi connectivity index (χ2v) is 9.03. The van der Waals surface area contributed by atoms with Crippen LogP contribution in [0.2, 0.25) is 0 Å². The van der Waals surface area contributed by atoms with E-state index in [1.165, 1.54) is 4.90 Å². The van der Waals surface area contributed by atoms with Crippen LogP contribution in [0.5, 0.6) is 0 Å². The van der Waals surface area contributed by atoms with E-state index in [-0.39, 0.29) is 71.4 Å². The highest BCUT2D eigenvalue weighted by Crippen LogP contribution is 2.36. The number of likely N-dealkylation sites (tertiary alicyclic amines) is 1. The molecule has 14 heteroatoms. The van der Waals surface area contributed by atoms with E-state index in [4.69, 9.17) is 10.5 Å². The molecule has 0 radical (unpaired) electrons. The maximum absolute atomic E-state index is 15.5. The summed E-state index contributed by atoms with van der Waals surface area (Å²) in [6.45, 7) is 0.690. The molecule has 3 atom stereocenters. The molecule has 1 aromatic heterocycles. The Morgan fingerprint density at radius 2 is 1.92 bits per heavy atom. The zero-order valence-corrected chi connectivity index (χ0v) is 19.6. The maximum Gasteiger partial charge on any atom is 0.416 e. The van der Waals surface area contributed by atoms with Crippen molar-refractivity contribution in [1.82, 2.24) is 14.9 Å². The Morgan fingerprint density at radius 3 is 2.56 bits per heavy atom. The van der Waals surface area contributed by atoms with Gasteiger partial charge in [0, 0.05) is 31.1 Å². The Bertz CT molecular complexity index is 1120. The number of ether oxygens (including phenoxy) is 1. The lowest BCUT2D eigenvalue weighted by Gasteiger charge is -2.37. The van der Waals surface area contributed by atoms with Gasteiger partial charge in [-0.25, -0.2) is 18.7 Å². The van der Waals surface area contributed by atoms with Crippen LogP contribution in [0.1, 0.15) is 38.4 Å². The van der Waals surface area contributed by atoms with Crippen molar-refractivity contribution in [3.8, 4) is 0 Å². The van der Waals surface area contributed by atoms with E-state index in [0.29, 0.717) is 19.0 Å². The number of morpholine rings is 1. The highest BCUT2D eigenvalue weighted by atomic mass is 19.4. The molecule has 2 fully saturated rings. The first kappa shape index (κ1) is 32.1. The molecule has 1 amide bonds. The fourth-order valence-electron chi connectivity index (χ4n) is 4.61. The van der Waals surface area contributed by atoms with Gasteiger partial charge in [0.2, 0.25) is 11.7 Å². The zero-order chi connectivity index (χ0) is 26.7. The molecule has 0 spiro atoms. The number of halogens is 6. The molecule has 4 rings (SSSR count). The number of nitrogens with zero attached hydrogens (tertiary/aromatic N) is 4. The van der Waals surface area contributed by atoms with Crippen molar-refractivity contribution in [2.75, 3.05) is 56.2 Å². The Balaban J connectivity index is 0.00000267. The highest BCUT2D eigenvalue weighted by molar-refractivity contribution is 5.75. The lowest BCUT2D eigenvalue weighted by Crippen LogP contribution is -2.46. The number of alkyl halides is 4. The maximum atomic E-state index is 15.5. The summed E-state index contributed by atoms with van der Waals surface area (Å²) in [5.74, 6) is -3.33. The number of benzene rings is 1. The number of anilines is 2. The molecule has 0 bridgehead atoms. The molecule has 3 N–H and O–H groups in total. The summed E-state index contributed by atoms with van der Waals surface area (Å²) in [4.78, 5) is 22.0. The standard InChI is InChI=1S/C23H26F6N6O2.2CH4/c24-16-7-14(23(27,28)29)1-2-15(16)18-11-37-6-5-35(18)22-20(26)21(32-12-33-22)31-8-13-3-4-34(9-17(13)25)10-19(30)36;;/h1-2,7,12-13,17-18H,3-6,8-11H2,(H2,30,36)(H,31,32,33);2*1H4/t13-,17+,18+;;/m0../s1. The molecular formula is C25H34F6N6O2. The number of nitrogens with one attached hydrogen (secondary N) is 1. The smallest absolute Gasteiger partial charge is 0.377 e. The molecule has 2 saturated heterocycles. The van der Waals surface area contributed by atoms with Gasteiger partial charge in [0.25, 0.3) is 0 Å². The number of carbonyl (C=O) groups excluding carboxylic acids is 1. The van der Waals surface area contributed by atoms with Crippen LogP contribution in [-0.4, -0.2) is 72.9 Å². The third-order valence-electron chi connectivity index (χ3n) is 6.53. The molecule has 1 aromatic carbocycles. The van der Waals surface area contributed by atoms with Gasteiger partial charge in [-0.05, 0) is 25.1 Å². The van der Waals surface area contributed by atoms with Crippen molar-refractivity contribution < 1.29 is 35.9 Å². The van der Waals surface area contributed by atoms with Gasteiger partial charge in [-0.3, -0.25) is 9.69 Å². The molecule has 2 aromatic rings. The van der Waals surface area contributed by atoms with Gasteiger partial charge >= 0.3 is 6.18 Å². The Morgan fingerprint density at radius 1 is 1.18 bits per heavy atom. The molecule has 3 heterocycles. The Labute approximate surface area is 223 Å². The van der Waals surface area contributed by atoms with Gasteiger partial charge in [-0.1, -0.05) is 20.9 Å². The summed E-state index contributed by atoms with van der Waals surface area (Å²) in [6.07, 6.45) is -4.46. The second-order valence-electron chi connectivity index (χ2n) is 9.03. The third kappa shape index (κ3) is 7.50. The SMILES string of the molecule is C.C.NC(=O)CN1CC[C@@H](CNc2ncnc(N3CCOC[C@@H]3c3ccc(C(F)(F)F)cc3F)c2F)[C@H](F)C1. The molecule has 2 aliphatic heterocycles. The summed E-state index contributed by atoms with van der Waals surface area (Å²) in [5, 5.41) is 2.80. The van der Waals surface area contributed by atoms with Crippen molar-refractivity contribution in [3.05, 3.63) is 47.3 Å². The first-order chi connectivity index (χ1) is 17.5. The van der Waals surface area contributed by atoms with Crippen LogP contribution < -0.4 is 16.0 Å². The summed E-state index contributed by atoms with van der Waals surface area (Å²) in [5.41, 5.74) is 3.93. The number of hydrogen-bond acceptors (Lipinski definition) is 7. The normalized spacial score (nSPS) is 22.0. The molecular weight excluding hydrogens is 530 g/mol. The minimum atomic E-state index is -4.71. The van der Waals surface area contributed by atoms with Gasteiger partial charge in [-0.15, -0.1) is 0 Å². The number of aromatic nitrogens is 2. The van der Waals surface area contributed by atoms with E-state index < -0.39 is 47.4 Å². The van der Waals surface area contributed by atoms with Crippen molar-refractivity contribution in [1.29, 1.82) is 0 Å². The second kappa shape index (κ2) is 13.3. The third-order valence-corrected chi connectivity index (χ3v) is 6.53. The van der Waals surface area contributed by atoms with Crippen molar-refractivity contribution in [2.45, 2.75) is 39.7 Å². The van der Waals surface area contributed by atoms with Crippen molar-refractivity contribution in [3.63, 3.8) is 0 Å². The predicted molar refractivity (Wildman–Crippen MR) is 135 cm³/mol. The minimum Gasteiger partial charge on any atom is -0.377 e. The summed E-state index contributed by atoms with van der Waals surface area (Å²) >= 11 is 0. The van der Waals surface area contributed by atoms with Gasteiger partial charge < -0.3 is 20.7 Å². The quantitative estimate of drug-likeness (QED) is 0.487. The molecule has 2 aliphatic rings. The van der Waals surface area contributed by atoms with Crippen LogP contribution in [0.4, 0.5) is 38.0 Å². The van der Waals surface area contributed by atoms with Crippen LogP contribution in [0.3, 0.4) is 0 Å². The predicted octanol–water partition coefficient (Wildman–Crippen LogP) is 4.18. The van der Waals surface area contributed by atoms with Gasteiger partial charge in [0.1, 0.15) is 18.3 Å². The van der Waals surface area contributed by atoms with Gasteiger partial charge in [-0.2, -0.15) is 17.6 Å². The van der Waals surface area contributed by atoms with E-state index in [2.05, 4.69) is 15.3 Å². The largest absolute Gasteiger partial charge is 0.416 e. The van der Waals surface area contributed by atoms with Crippen LogP contribution in [0, 0.1) is 17.6 Å². The van der Waals surface area contributed by atoms with E-state index in [9.17, 15) is 26.7 Å². The van der Waals surface area contributed by atoms with Crippen molar-refractivity contribution in [2.24, 2.45) is 11.7 Å². The van der Waals surface area contributed by atoms with Gasteiger partial charge in [0.15, 0.2) is 11.6 Å². The van der Waals surface area contributed by atoms with Crippen LogP contribution in [0.25, 0.3) is 0 Å². The zero-order valence-electron chi connectivity index (χ0n) is 19.6. The molecule has 0 unspecified atom stereocenters. The summed E-state index contributed by atoms with van der Waals surface area (Å²) in [7, 11) is 0. The van der Waals surface area contributed by atoms with E-state index >= 15 is 4.39 Å². The molecule has 218 valence electrons. The van der Waals surface area contributed by atoms with Gasteiger partial charge in [0.05, 0.1) is 31.4 Å². The summed E-state index contributed by atoms with van der Waals surface area (Å²) < 4.78 is 89.1. The fraction of sp³-hybridized carbons (Fsp3) is 0.560. The number of piperidine rings is 1. The lowest BCUT2D eigenvalue weighted by molar-refractivity contribution is -0.137. The highest BCUT2D eigenvalue weighted by Gasteiger charge is 2.35. The van der Waals surface area contributed by atoms with E-state index in [1.54, 1.807) is 4.90 Å². The monoisotopic (exact) mass is 564 g/mol. The van der Waals surface area contributed by atoms with E-state index in [0.717, 1.165) is 18.5 Å². The number of amides is 1. The Kier molecular flexibility index (Phi) is 10.9. The topological polar surface area (TPSA) is 96.6 Å². The fourth-order valence-corrected chi connectivity index (χ4v) is 4.61. The lowest BCUT2D eigenvalue weighted by atomic mass is 9.95.